The van der Waals surface area contributed by atoms with Crippen LogP contribution in [0.1, 0.15) is 30.3 Å². The van der Waals surface area contributed by atoms with Crippen LogP contribution in [0.15, 0.2) is 59.5 Å². The highest BCUT2D eigenvalue weighted by atomic mass is 35.5. The molecule has 10 heteroatoms. The number of sulfonamides is 1. The fourth-order valence-corrected chi connectivity index (χ4v) is 6.12. The number of aryl methyl sites for hydroxylation is 1. The largest absolute Gasteiger partial charge is 0.353 e. The van der Waals surface area contributed by atoms with E-state index in [2.05, 4.69) is 4.90 Å². The molecule has 0 N–H and O–H groups in total. The Morgan fingerprint density at radius 1 is 0.914 bits per heavy atom. The highest BCUT2D eigenvalue weighted by Crippen LogP contribution is 2.40. The van der Waals surface area contributed by atoms with Gasteiger partial charge in [-0.1, -0.05) is 29.8 Å². The minimum absolute atomic E-state index is 0.260. The smallest absolute Gasteiger partial charge is 0.243 e. The van der Waals surface area contributed by atoms with Crippen molar-refractivity contribution >= 4 is 38.5 Å². The second-order valence-corrected chi connectivity index (χ2v) is 11.4. The highest BCUT2D eigenvalue weighted by molar-refractivity contribution is 7.89. The number of fused-ring (bicyclic) bond motifs is 1. The van der Waals surface area contributed by atoms with Crippen LogP contribution >= 0.6 is 11.6 Å². The van der Waals surface area contributed by atoms with Crippen molar-refractivity contribution in [2.24, 2.45) is 0 Å². The number of anilines is 1. The van der Waals surface area contributed by atoms with Gasteiger partial charge in [-0.25, -0.2) is 23.1 Å². The first-order valence-corrected chi connectivity index (χ1v) is 13.6. The van der Waals surface area contributed by atoms with Gasteiger partial charge in [0, 0.05) is 37.1 Å². The molecule has 4 aromatic rings. The molecule has 35 heavy (non-hydrogen) atoms. The Morgan fingerprint density at radius 2 is 1.60 bits per heavy atom. The first-order chi connectivity index (χ1) is 16.9. The minimum Gasteiger partial charge on any atom is -0.353 e. The lowest BCUT2D eigenvalue weighted by atomic mass is 10.2. The van der Waals surface area contributed by atoms with Gasteiger partial charge in [-0.15, -0.1) is 0 Å². The Morgan fingerprint density at radius 3 is 2.26 bits per heavy atom. The molecule has 1 aliphatic heterocycles. The van der Waals surface area contributed by atoms with Gasteiger partial charge in [-0.3, -0.25) is 0 Å². The van der Waals surface area contributed by atoms with E-state index in [-0.39, 0.29) is 4.90 Å². The van der Waals surface area contributed by atoms with Crippen molar-refractivity contribution in [3.8, 4) is 5.69 Å². The normalized spacial score (nSPS) is 17.3. The second-order valence-electron chi connectivity index (χ2n) is 9.06. The molecule has 0 amide bonds. The summed E-state index contributed by atoms with van der Waals surface area (Å²) in [6.07, 6.45) is 2.19. The van der Waals surface area contributed by atoms with Gasteiger partial charge in [0.25, 0.3) is 0 Å². The molecule has 2 aromatic carbocycles. The Labute approximate surface area is 209 Å². The lowest BCUT2D eigenvalue weighted by Crippen LogP contribution is -2.49. The molecule has 2 aromatic heterocycles. The number of nitrogens with zero attached hydrogens (tertiary/aromatic N) is 6. The molecule has 1 aliphatic carbocycles. The predicted octanol–water partition coefficient (Wildman–Crippen LogP) is 4.17. The van der Waals surface area contributed by atoms with Gasteiger partial charge in [0.05, 0.1) is 21.7 Å². The lowest BCUT2D eigenvalue weighted by molar-refractivity contribution is 0.384. The summed E-state index contributed by atoms with van der Waals surface area (Å²) < 4.78 is 29.7. The second kappa shape index (κ2) is 8.58. The van der Waals surface area contributed by atoms with Gasteiger partial charge in [0.1, 0.15) is 11.6 Å². The monoisotopic (exact) mass is 508 g/mol. The van der Waals surface area contributed by atoms with Crippen LogP contribution in [0.5, 0.6) is 0 Å². The number of hydrogen-bond donors (Lipinski definition) is 0. The lowest BCUT2D eigenvalue weighted by Gasteiger charge is -2.35. The van der Waals surface area contributed by atoms with Crippen LogP contribution in [0.3, 0.4) is 0 Å². The summed E-state index contributed by atoms with van der Waals surface area (Å²) >= 11 is 5.94. The van der Waals surface area contributed by atoms with Gasteiger partial charge in [-0.2, -0.15) is 9.40 Å². The van der Waals surface area contributed by atoms with Gasteiger partial charge >= 0.3 is 0 Å². The van der Waals surface area contributed by atoms with Crippen LogP contribution in [-0.4, -0.2) is 58.7 Å². The Balaban J connectivity index is 1.34. The number of rotatable bonds is 5. The van der Waals surface area contributed by atoms with Gasteiger partial charge < -0.3 is 4.90 Å². The molecular formula is C25H25ClN6O2S. The molecule has 0 radical (unpaired) electrons. The molecule has 6 rings (SSSR count). The van der Waals surface area contributed by atoms with Crippen LogP contribution in [0.25, 0.3) is 16.7 Å². The van der Waals surface area contributed by atoms with Gasteiger partial charge in [0.2, 0.25) is 10.0 Å². The molecule has 2 fully saturated rings. The van der Waals surface area contributed by atoms with E-state index in [9.17, 15) is 8.42 Å². The van der Waals surface area contributed by atoms with Crippen LogP contribution in [0.2, 0.25) is 5.02 Å². The summed E-state index contributed by atoms with van der Waals surface area (Å²) in [7, 11) is -3.58. The zero-order chi connectivity index (χ0) is 24.2. The highest BCUT2D eigenvalue weighted by Gasteiger charge is 2.33. The van der Waals surface area contributed by atoms with Crippen molar-refractivity contribution < 1.29 is 8.42 Å². The minimum atomic E-state index is -3.58. The third-order valence-electron chi connectivity index (χ3n) is 6.63. The van der Waals surface area contributed by atoms with Crippen molar-refractivity contribution in [2.75, 3.05) is 31.1 Å². The van der Waals surface area contributed by atoms with E-state index in [4.69, 9.17) is 26.7 Å². The van der Waals surface area contributed by atoms with E-state index < -0.39 is 10.0 Å². The average Bonchev–Trinajstić information content (AvgIpc) is 3.68. The van der Waals surface area contributed by atoms with Crippen LogP contribution in [0, 0.1) is 6.92 Å². The standard InChI is InChI=1S/C25H25ClN6O2S/c1-17-22-24(30-13-15-31(16-14-30)35(33,34)21-11-9-19(26)10-12-21)27-23(18-7-8-18)28-25(22)32(29-17)20-5-3-2-4-6-20/h2-6,9-12,18H,7-8,13-16H2,1H3. The molecule has 0 bridgehead atoms. The fourth-order valence-electron chi connectivity index (χ4n) is 4.58. The molecular weight excluding hydrogens is 484 g/mol. The third-order valence-corrected chi connectivity index (χ3v) is 8.80. The molecule has 2 aliphatic rings. The van der Waals surface area contributed by atoms with Crippen LogP contribution in [-0.2, 0) is 10.0 Å². The molecule has 0 atom stereocenters. The topological polar surface area (TPSA) is 84.2 Å². The summed E-state index contributed by atoms with van der Waals surface area (Å²) in [4.78, 5) is 12.4. The first-order valence-electron chi connectivity index (χ1n) is 11.8. The quantitative estimate of drug-likeness (QED) is 0.402. The van der Waals surface area contributed by atoms with Crippen molar-refractivity contribution in [3.63, 3.8) is 0 Å². The van der Waals surface area contributed by atoms with Gasteiger partial charge in [-0.05, 0) is 56.2 Å². The molecule has 1 saturated heterocycles. The molecule has 1 saturated carbocycles. The van der Waals surface area contributed by atoms with E-state index >= 15 is 0 Å². The van der Waals surface area contributed by atoms with Crippen LogP contribution in [0.4, 0.5) is 5.82 Å². The maximum absolute atomic E-state index is 13.1. The number of benzene rings is 2. The van der Waals surface area contributed by atoms with Crippen molar-refractivity contribution in [2.45, 2.75) is 30.6 Å². The summed E-state index contributed by atoms with van der Waals surface area (Å²) in [5, 5.41) is 6.24. The number of piperazine rings is 1. The SMILES string of the molecule is Cc1nn(-c2ccccc2)c2nc(C3CC3)nc(N3CCN(S(=O)(=O)c4ccc(Cl)cc4)CC3)c12. The number of hydrogen-bond acceptors (Lipinski definition) is 6. The number of aromatic nitrogens is 4. The Kier molecular flexibility index (Phi) is 5.51. The summed E-state index contributed by atoms with van der Waals surface area (Å²) in [6, 6.07) is 16.3. The third kappa shape index (κ3) is 4.07. The molecule has 0 unspecified atom stereocenters. The molecule has 0 spiro atoms. The Bertz CT molecular complexity index is 1490. The zero-order valence-electron chi connectivity index (χ0n) is 19.3. The van der Waals surface area contributed by atoms with E-state index in [1.165, 1.54) is 4.31 Å². The van der Waals surface area contributed by atoms with Gasteiger partial charge in [0.15, 0.2) is 5.65 Å². The maximum atomic E-state index is 13.1. The maximum Gasteiger partial charge on any atom is 0.243 e. The predicted molar refractivity (Wildman–Crippen MR) is 136 cm³/mol. The van der Waals surface area contributed by atoms with E-state index in [0.717, 1.165) is 46.9 Å². The van der Waals surface area contributed by atoms with Crippen molar-refractivity contribution in [1.29, 1.82) is 0 Å². The summed E-state index contributed by atoms with van der Waals surface area (Å²) in [5.41, 5.74) is 2.62. The van der Waals surface area contributed by atoms with E-state index in [1.54, 1.807) is 24.3 Å². The van der Waals surface area contributed by atoms with E-state index in [1.807, 2.05) is 41.9 Å². The van der Waals surface area contributed by atoms with Crippen LogP contribution < -0.4 is 4.90 Å². The van der Waals surface area contributed by atoms with Crippen molar-refractivity contribution in [3.05, 3.63) is 71.1 Å². The molecule has 8 nitrogen and oxygen atoms in total. The number of halogens is 1. The summed E-state index contributed by atoms with van der Waals surface area (Å²) in [6.45, 7) is 3.81. The molecule has 3 heterocycles. The zero-order valence-corrected chi connectivity index (χ0v) is 20.9. The fraction of sp³-hybridized carbons (Fsp3) is 0.320. The number of para-hydroxylation sites is 1. The molecule has 180 valence electrons. The first kappa shape index (κ1) is 22.5. The van der Waals surface area contributed by atoms with E-state index in [0.29, 0.717) is 37.1 Å². The summed E-state index contributed by atoms with van der Waals surface area (Å²) in [5.74, 6) is 2.07. The average molecular weight is 509 g/mol. The van der Waals surface area contributed by atoms with Crippen molar-refractivity contribution in [1.82, 2.24) is 24.1 Å². The Hall–Kier alpha value is -3.01.